The standard InChI is InChI=1S/C28H29ClO6/c1-3-33-26(28(31)32-2)19-20-10-15-25(24(29)18-20)35-17-7-16-34-23-13-11-22(12-14-23)27(30)21-8-5-4-6-9-21/h4-6,8-15,18,26H,3,7,16-17,19H2,1-2H3/t26-/m0/s1. The van der Waals surface area contributed by atoms with Crippen LogP contribution in [0.5, 0.6) is 11.5 Å². The molecule has 0 aliphatic carbocycles. The maximum Gasteiger partial charge on any atom is 0.335 e. The molecule has 0 amide bonds. The highest BCUT2D eigenvalue weighted by Crippen LogP contribution is 2.26. The van der Waals surface area contributed by atoms with Crippen molar-refractivity contribution in [3.63, 3.8) is 0 Å². The van der Waals surface area contributed by atoms with E-state index in [9.17, 15) is 9.59 Å². The molecule has 0 spiro atoms. The van der Waals surface area contributed by atoms with Crippen LogP contribution in [0.25, 0.3) is 0 Å². The van der Waals surface area contributed by atoms with Gasteiger partial charge >= 0.3 is 5.97 Å². The van der Waals surface area contributed by atoms with Crippen molar-refractivity contribution in [2.24, 2.45) is 0 Å². The van der Waals surface area contributed by atoms with Crippen LogP contribution in [0.4, 0.5) is 0 Å². The second-order valence-corrected chi connectivity index (χ2v) is 8.11. The zero-order chi connectivity index (χ0) is 25.0. The van der Waals surface area contributed by atoms with Crippen LogP contribution in [0, 0.1) is 0 Å². The lowest BCUT2D eigenvalue weighted by Gasteiger charge is -2.15. The first kappa shape index (κ1) is 26.3. The van der Waals surface area contributed by atoms with Crippen molar-refractivity contribution in [3.8, 4) is 11.5 Å². The molecule has 6 nitrogen and oxygen atoms in total. The Morgan fingerprint density at radius 3 is 2.23 bits per heavy atom. The van der Waals surface area contributed by atoms with Crippen molar-refractivity contribution in [1.82, 2.24) is 0 Å². The average Bonchev–Trinajstić information content (AvgIpc) is 2.89. The minimum atomic E-state index is -0.671. The fraction of sp³-hybridized carbons (Fsp3) is 0.286. The van der Waals surface area contributed by atoms with Crippen LogP contribution in [-0.4, -0.2) is 44.8 Å². The lowest BCUT2D eigenvalue weighted by molar-refractivity contribution is -0.153. The van der Waals surface area contributed by atoms with Gasteiger partial charge in [-0.1, -0.05) is 48.0 Å². The topological polar surface area (TPSA) is 71.1 Å². The fourth-order valence-corrected chi connectivity index (χ4v) is 3.69. The monoisotopic (exact) mass is 496 g/mol. The van der Waals surface area contributed by atoms with Crippen molar-refractivity contribution in [1.29, 1.82) is 0 Å². The molecule has 3 aromatic carbocycles. The molecule has 3 aromatic rings. The van der Waals surface area contributed by atoms with Gasteiger partial charge in [-0.3, -0.25) is 4.79 Å². The molecule has 0 unspecified atom stereocenters. The Balaban J connectivity index is 1.43. The summed E-state index contributed by atoms with van der Waals surface area (Å²) >= 11 is 6.36. The molecule has 0 radical (unpaired) electrons. The molecule has 0 saturated heterocycles. The number of rotatable bonds is 13. The molecule has 3 rings (SSSR count). The van der Waals surface area contributed by atoms with Gasteiger partial charge in [0, 0.05) is 30.6 Å². The molecule has 184 valence electrons. The number of ether oxygens (including phenoxy) is 4. The van der Waals surface area contributed by atoms with Gasteiger partial charge in [0.05, 0.1) is 25.3 Å². The van der Waals surface area contributed by atoms with Crippen LogP contribution in [0.1, 0.15) is 34.8 Å². The lowest BCUT2D eigenvalue weighted by Crippen LogP contribution is -2.28. The summed E-state index contributed by atoms with van der Waals surface area (Å²) in [7, 11) is 1.34. The number of methoxy groups -OCH3 is 1. The van der Waals surface area contributed by atoms with E-state index in [1.165, 1.54) is 7.11 Å². The summed E-state index contributed by atoms with van der Waals surface area (Å²) in [5.41, 5.74) is 2.12. The van der Waals surface area contributed by atoms with E-state index in [-0.39, 0.29) is 5.78 Å². The first-order chi connectivity index (χ1) is 17.0. The van der Waals surface area contributed by atoms with Crippen LogP contribution >= 0.6 is 11.6 Å². The first-order valence-electron chi connectivity index (χ1n) is 11.4. The summed E-state index contributed by atoms with van der Waals surface area (Å²) in [5.74, 6) is 0.810. The molecular weight excluding hydrogens is 468 g/mol. The van der Waals surface area contributed by atoms with Crippen LogP contribution in [0.2, 0.25) is 5.02 Å². The van der Waals surface area contributed by atoms with Gasteiger partial charge in [-0.2, -0.15) is 0 Å². The Kier molecular flexibility index (Phi) is 10.1. The third-order valence-electron chi connectivity index (χ3n) is 5.22. The van der Waals surface area contributed by atoms with Crippen molar-refractivity contribution in [2.75, 3.05) is 26.9 Å². The van der Waals surface area contributed by atoms with E-state index in [1.807, 2.05) is 31.2 Å². The predicted octanol–water partition coefficient (Wildman–Crippen LogP) is 5.54. The molecular formula is C28H29ClO6. The number of esters is 1. The molecule has 35 heavy (non-hydrogen) atoms. The molecule has 0 N–H and O–H groups in total. The van der Waals surface area contributed by atoms with Crippen LogP contribution < -0.4 is 9.47 Å². The maximum atomic E-state index is 12.5. The molecule has 0 bridgehead atoms. The largest absolute Gasteiger partial charge is 0.493 e. The minimum Gasteiger partial charge on any atom is -0.493 e. The van der Waals surface area contributed by atoms with E-state index in [1.54, 1.807) is 48.5 Å². The smallest absolute Gasteiger partial charge is 0.335 e. The summed E-state index contributed by atoms with van der Waals surface area (Å²) in [4.78, 5) is 24.3. The first-order valence-corrected chi connectivity index (χ1v) is 11.8. The SMILES string of the molecule is CCO[C@@H](Cc1ccc(OCCCOc2ccc(C(=O)c3ccccc3)cc2)c(Cl)c1)C(=O)OC. The van der Waals surface area contributed by atoms with Crippen molar-refractivity contribution < 1.29 is 28.5 Å². The van der Waals surface area contributed by atoms with Crippen LogP contribution in [0.15, 0.2) is 72.8 Å². The summed E-state index contributed by atoms with van der Waals surface area (Å²) < 4.78 is 21.8. The van der Waals surface area contributed by atoms with Gasteiger partial charge < -0.3 is 18.9 Å². The van der Waals surface area contributed by atoms with Crippen molar-refractivity contribution in [3.05, 3.63) is 94.5 Å². The van der Waals surface area contributed by atoms with Gasteiger partial charge in [0.25, 0.3) is 0 Å². The van der Waals surface area contributed by atoms with Gasteiger partial charge in [0.2, 0.25) is 0 Å². The highest BCUT2D eigenvalue weighted by atomic mass is 35.5. The maximum absolute atomic E-state index is 12.5. The van der Waals surface area contributed by atoms with E-state index >= 15 is 0 Å². The number of ketones is 1. The number of hydrogen-bond donors (Lipinski definition) is 0. The van der Waals surface area contributed by atoms with E-state index in [0.717, 1.165) is 5.56 Å². The highest BCUT2D eigenvalue weighted by Gasteiger charge is 2.20. The number of benzene rings is 3. The molecule has 7 heteroatoms. The van der Waals surface area contributed by atoms with Gasteiger partial charge in [-0.25, -0.2) is 4.79 Å². The summed E-state index contributed by atoms with van der Waals surface area (Å²) in [5, 5.41) is 0.460. The second-order valence-electron chi connectivity index (χ2n) is 7.71. The zero-order valence-electron chi connectivity index (χ0n) is 19.9. The summed E-state index contributed by atoms with van der Waals surface area (Å²) in [6.07, 6.45) is 0.345. The van der Waals surface area contributed by atoms with E-state index in [4.69, 9.17) is 30.5 Å². The number of carbonyl (C=O) groups is 2. The van der Waals surface area contributed by atoms with Crippen LogP contribution in [-0.2, 0) is 20.7 Å². The molecule has 0 fully saturated rings. The van der Waals surface area contributed by atoms with Crippen LogP contribution in [0.3, 0.4) is 0 Å². The van der Waals surface area contributed by atoms with Gasteiger partial charge in [0.1, 0.15) is 11.5 Å². The van der Waals surface area contributed by atoms with Gasteiger partial charge in [-0.05, 0) is 48.9 Å². The normalized spacial score (nSPS) is 11.5. The molecule has 0 saturated carbocycles. The molecule has 1 atom stereocenters. The summed E-state index contributed by atoms with van der Waals surface area (Å²) in [6, 6.07) is 21.7. The Hall–Kier alpha value is -3.35. The lowest BCUT2D eigenvalue weighted by atomic mass is 10.0. The third-order valence-corrected chi connectivity index (χ3v) is 5.51. The van der Waals surface area contributed by atoms with Gasteiger partial charge in [-0.15, -0.1) is 0 Å². The predicted molar refractivity (Wildman–Crippen MR) is 135 cm³/mol. The molecule has 0 aliphatic rings. The van der Waals surface area contributed by atoms with Crippen molar-refractivity contribution >= 4 is 23.4 Å². The molecule has 0 aromatic heterocycles. The second kappa shape index (κ2) is 13.5. The van der Waals surface area contributed by atoms with E-state index < -0.39 is 12.1 Å². The Morgan fingerprint density at radius 1 is 0.886 bits per heavy atom. The molecule has 0 aliphatic heterocycles. The Labute approximate surface area is 210 Å². The van der Waals surface area contributed by atoms with E-state index in [2.05, 4.69) is 0 Å². The van der Waals surface area contributed by atoms with E-state index in [0.29, 0.717) is 60.3 Å². The summed E-state index contributed by atoms with van der Waals surface area (Å²) in [6.45, 7) is 3.11. The Bertz CT molecular complexity index is 1100. The number of carbonyl (C=O) groups excluding carboxylic acids is 2. The number of halogens is 1. The highest BCUT2D eigenvalue weighted by molar-refractivity contribution is 6.32. The zero-order valence-corrected chi connectivity index (χ0v) is 20.6. The molecule has 0 heterocycles. The third kappa shape index (κ3) is 7.84. The average molecular weight is 497 g/mol. The minimum absolute atomic E-state index is 0.0212. The van der Waals surface area contributed by atoms with Crippen molar-refractivity contribution in [2.45, 2.75) is 25.9 Å². The van der Waals surface area contributed by atoms with Gasteiger partial charge in [0.15, 0.2) is 11.9 Å². The quantitative estimate of drug-likeness (QED) is 0.176. The Morgan fingerprint density at radius 2 is 1.57 bits per heavy atom. The number of hydrogen-bond acceptors (Lipinski definition) is 6. The fourth-order valence-electron chi connectivity index (χ4n) is 3.44.